The second kappa shape index (κ2) is 8.83. The van der Waals surface area contributed by atoms with Gasteiger partial charge in [-0.2, -0.15) is 0 Å². The van der Waals surface area contributed by atoms with Gasteiger partial charge in [0.25, 0.3) is 0 Å². The number of allylic oxidation sites excluding steroid dienone is 2. The van der Waals surface area contributed by atoms with Crippen molar-refractivity contribution < 1.29 is 9.47 Å². The van der Waals surface area contributed by atoms with Gasteiger partial charge in [0.05, 0.1) is 5.69 Å². The van der Waals surface area contributed by atoms with Crippen molar-refractivity contribution in [3.8, 4) is 11.5 Å². The second-order valence-electron chi connectivity index (χ2n) is 8.03. The van der Waals surface area contributed by atoms with E-state index in [0.29, 0.717) is 5.76 Å². The van der Waals surface area contributed by atoms with Crippen molar-refractivity contribution in [1.29, 1.82) is 0 Å². The SMILES string of the molecule is C=C(Oc1ccccc1C)C1=C2C=CN(CCCC)c3cccc(c32)OC1CCC. The lowest BCUT2D eigenvalue weighted by Gasteiger charge is -2.36. The van der Waals surface area contributed by atoms with E-state index in [1.807, 2.05) is 18.2 Å². The Kier molecular flexibility index (Phi) is 5.98. The third kappa shape index (κ3) is 3.77. The molecule has 0 N–H and O–H groups in total. The number of rotatable bonds is 8. The minimum absolute atomic E-state index is 0.0592. The van der Waals surface area contributed by atoms with Gasteiger partial charge in [-0.15, -0.1) is 0 Å². The third-order valence-electron chi connectivity index (χ3n) is 5.82. The first-order chi connectivity index (χ1) is 14.6. The van der Waals surface area contributed by atoms with Crippen LogP contribution in [0, 0.1) is 6.92 Å². The van der Waals surface area contributed by atoms with Crippen LogP contribution in [0.3, 0.4) is 0 Å². The molecule has 1 unspecified atom stereocenters. The second-order valence-corrected chi connectivity index (χ2v) is 8.03. The van der Waals surface area contributed by atoms with E-state index in [9.17, 15) is 0 Å². The molecular weight excluding hydrogens is 370 g/mol. The van der Waals surface area contributed by atoms with Crippen molar-refractivity contribution in [3.63, 3.8) is 0 Å². The summed E-state index contributed by atoms with van der Waals surface area (Å²) in [6, 6.07) is 14.4. The molecule has 2 aromatic carbocycles. The number of para-hydroxylation sites is 1. The standard InChI is InChI=1S/C27H31NO2/c1-5-7-17-28-18-16-21-26(20(4)29-23-14-9-8-12-19(23)3)24(11-6-2)30-25-15-10-13-22(28)27(21)25/h8-10,12-16,18,24H,4-7,11,17H2,1-3H3. The highest BCUT2D eigenvalue weighted by Gasteiger charge is 2.33. The van der Waals surface area contributed by atoms with Crippen LogP contribution in [0.2, 0.25) is 0 Å². The first-order valence-corrected chi connectivity index (χ1v) is 11.1. The minimum atomic E-state index is -0.0592. The van der Waals surface area contributed by atoms with Crippen LogP contribution in [0.15, 0.2) is 72.7 Å². The molecule has 0 radical (unpaired) electrons. The topological polar surface area (TPSA) is 21.7 Å². The van der Waals surface area contributed by atoms with Crippen LogP contribution < -0.4 is 14.4 Å². The van der Waals surface area contributed by atoms with E-state index in [1.54, 1.807) is 0 Å². The van der Waals surface area contributed by atoms with E-state index in [-0.39, 0.29) is 6.10 Å². The summed E-state index contributed by atoms with van der Waals surface area (Å²) in [7, 11) is 0. The molecule has 30 heavy (non-hydrogen) atoms. The molecule has 0 spiro atoms. The summed E-state index contributed by atoms with van der Waals surface area (Å²) in [5, 5.41) is 0. The summed E-state index contributed by atoms with van der Waals surface area (Å²) < 4.78 is 12.8. The molecule has 1 atom stereocenters. The minimum Gasteiger partial charge on any atom is -0.485 e. The van der Waals surface area contributed by atoms with Crippen LogP contribution in [-0.4, -0.2) is 12.6 Å². The molecule has 0 amide bonds. The zero-order chi connectivity index (χ0) is 21.1. The average molecular weight is 402 g/mol. The zero-order valence-electron chi connectivity index (χ0n) is 18.3. The molecule has 0 fully saturated rings. The molecule has 0 aromatic heterocycles. The smallest absolute Gasteiger partial charge is 0.130 e. The summed E-state index contributed by atoms with van der Waals surface area (Å²) in [4.78, 5) is 2.33. The molecule has 2 aliphatic heterocycles. The highest BCUT2D eigenvalue weighted by atomic mass is 16.5. The Balaban J connectivity index is 1.79. The molecule has 0 bridgehead atoms. The first-order valence-electron chi connectivity index (χ1n) is 11.1. The number of unbranched alkanes of at least 4 members (excludes halogenated alkanes) is 1. The molecule has 3 heteroatoms. The first kappa shape index (κ1) is 20.3. The lowest BCUT2D eigenvalue weighted by atomic mass is 9.87. The maximum atomic E-state index is 6.51. The number of anilines is 1. The van der Waals surface area contributed by atoms with E-state index in [4.69, 9.17) is 9.47 Å². The Morgan fingerprint density at radius 1 is 1.10 bits per heavy atom. The van der Waals surface area contributed by atoms with E-state index in [2.05, 4.69) is 68.8 Å². The molecule has 2 aliphatic rings. The maximum Gasteiger partial charge on any atom is 0.130 e. The molecule has 2 heterocycles. The van der Waals surface area contributed by atoms with Crippen molar-refractivity contribution in [3.05, 3.63) is 83.8 Å². The van der Waals surface area contributed by atoms with Gasteiger partial charge >= 0.3 is 0 Å². The van der Waals surface area contributed by atoms with Crippen LogP contribution in [0.5, 0.6) is 11.5 Å². The monoisotopic (exact) mass is 401 g/mol. The molecule has 156 valence electrons. The van der Waals surface area contributed by atoms with Crippen LogP contribution in [-0.2, 0) is 0 Å². The quantitative estimate of drug-likeness (QED) is 0.443. The Hall–Kier alpha value is -2.94. The lowest BCUT2D eigenvalue weighted by Crippen LogP contribution is -2.30. The molecule has 4 rings (SSSR count). The number of benzene rings is 2. The third-order valence-corrected chi connectivity index (χ3v) is 5.82. The summed E-state index contributed by atoms with van der Waals surface area (Å²) in [6.45, 7) is 11.8. The molecule has 2 aromatic rings. The Morgan fingerprint density at radius 2 is 1.93 bits per heavy atom. The van der Waals surface area contributed by atoms with E-state index in [1.165, 1.54) is 17.7 Å². The van der Waals surface area contributed by atoms with Crippen LogP contribution >= 0.6 is 0 Å². The highest BCUT2D eigenvalue weighted by Crippen LogP contribution is 2.47. The zero-order valence-corrected chi connectivity index (χ0v) is 18.3. The van der Waals surface area contributed by atoms with Crippen molar-refractivity contribution in [2.45, 2.75) is 52.6 Å². The van der Waals surface area contributed by atoms with Crippen molar-refractivity contribution in [2.24, 2.45) is 0 Å². The van der Waals surface area contributed by atoms with Crippen molar-refractivity contribution in [2.75, 3.05) is 11.4 Å². The predicted molar refractivity (Wildman–Crippen MR) is 125 cm³/mol. The Labute approximate surface area is 180 Å². The van der Waals surface area contributed by atoms with Gasteiger partial charge in [0, 0.05) is 23.9 Å². The fourth-order valence-corrected chi connectivity index (χ4v) is 4.24. The number of aryl methyl sites for hydroxylation is 1. The van der Waals surface area contributed by atoms with E-state index in [0.717, 1.165) is 54.0 Å². The Bertz CT molecular complexity index is 1000. The largest absolute Gasteiger partial charge is 0.485 e. The van der Waals surface area contributed by atoms with Gasteiger partial charge in [0.15, 0.2) is 0 Å². The summed E-state index contributed by atoms with van der Waals surface area (Å²) in [6.07, 6.45) is 8.63. The van der Waals surface area contributed by atoms with Gasteiger partial charge in [0.2, 0.25) is 0 Å². The van der Waals surface area contributed by atoms with Crippen LogP contribution in [0.25, 0.3) is 5.57 Å². The number of hydrogen-bond donors (Lipinski definition) is 0. The van der Waals surface area contributed by atoms with Crippen LogP contribution in [0.1, 0.15) is 50.7 Å². The summed E-state index contributed by atoms with van der Waals surface area (Å²) >= 11 is 0. The van der Waals surface area contributed by atoms with Gasteiger partial charge in [-0.05, 0) is 55.2 Å². The van der Waals surface area contributed by atoms with Gasteiger partial charge in [-0.25, -0.2) is 0 Å². The number of ether oxygens (including phenoxy) is 2. The van der Waals surface area contributed by atoms with Crippen molar-refractivity contribution >= 4 is 11.3 Å². The number of nitrogens with zero attached hydrogens (tertiary/aromatic N) is 1. The molecule has 3 nitrogen and oxygen atoms in total. The predicted octanol–water partition coefficient (Wildman–Crippen LogP) is 7.04. The van der Waals surface area contributed by atoms with Gasteiger partial charge in [-0.1, -0.05) is 57.5 Å². The molecule has 0 saturated carbocycles. The maximum absolute atomic E-state index is 6.51. The molecular formula is C27H31NO2. The van der Waals surface area contributed by atoms with E-state index >= 15 is 0 Å². The highest BCUT2D eigenvalue weighted by molar-refractivity contribution is 5.93. The fraction of sp³-hybridized carbons (Fsp3) is 0.333. The summed E-state index contributed by atoms with van der Waals surface area (Å²) in [5.41, 5.74) is 5.70. The van der Waals surface area contributed by atoms with Crippen molar-refractivity contribution in [1.82, 2.24) is 0 Å². The lowest BCUT2D eigenvalue weighted by molar-refractivity contribution is 0.214. The molecule has 0 saturated heterocycles. The van der Waals surface area contributed by atoms with Crippen LogP contribution in [0.4, 0.5) is 5.69 Å². The summed E-state index contributed by atoms with van der Waals surface area (Å²) in [5.74, 6) is 2.47. The van der Waals surface area contributed by atoms with Gasteiger partial charge in [-0.3, -0.25) is 0 Å². The van der Waals surface area contributed by atoms with Gasteiger partial charge < -0.3 is 14.4 Å². The average Bonchev–Trinajstić information content (AvgIpc) is 2.75. The fourth-order valence-electron chi connectivity index (χ4n) is 4.24. The molecule has 0 aliphatic carbocycles. The normalized spacial score (nSPS) is 16.9. The van der Waals surface area contributed by atoms with Gasteiger partial charge in [0.1, 0.15) is 23.4 Å². The number of hydrogen-bond acceptors (Lipinski definition) is 3. The Morgan fingerprint density at radius 3 is 2.70 bits per heavy atom. The van der Waals surface area contributed by atoms with E-state index < -0.39 is 0 Å².